The molecule has 0 unspecified atom stereocenters. The lowest BCUT2D eigenvalue weighted by atomic mass is 10.0. The van der Waals surface area contributed by atoms with Gasteiger partial charge in [0.05, 0.1) is 18.8 Å². The van der Waals surface area contributed by atoms with E-state index < -0.39 is 0 Å². The van der Waals surface area contributed by atoms with Gasteiger partial charge in [-0.3, -0.25) is 9.69 Å². The Labute approximate surface area is 132 Å². The van der Waals surface area contributed by atoms with Crippen LogP contribution in [-0.4, -0.2) is 42.6 Å². The second kappa shape index (κ2) is 6.80. The Balaban J connectivity index is 1.65. The molecule has 1 amide bonds. The number of benzene rings is 1. The number of rotatable bonds is 5. The first-order chi connectivity index (χ1) is 10.6. The second-order valence-corrected chi connectivity index (χ2v) is 6.85. The lowest BCUT2D eigenvalue weighted by Crippen LogP contribution is -2.49. The number of carbonyl (C=O) groups excluding carboxylic acids is 1. The lowest BCUT2D eigenvalue weighted by molar-refractivity contribution is -0.130. The van der Waals surface area contributed by atoms with Crippen LogP contribution in [0.25, 0.3) is 0 Å². The Hall–Kier alpha value is -1.39. The van der Waals surface area contributed by atoms with Gasteiger partial charge in [0.1, 0.15) is 0 Å². The van der Waals surface area contributed by atoms with Crippen LogP contribution in [0.2, 0.25) is 0 Å². The largest absolute Gasteiger partial charge is 0.367 e. The number of ether oxygens (including phenoxy) is 1. The number of nitrogens with one attached hydrogen (secondary N) is 1. The second-order valence-electron chi connectivity index (χ2n) is 6.85. The first kappa shape index (κ1) is 15.5. The standard InChI is InChI=1S/C18H26N2O2/c1-13(2)16-10-20(12-18(21)19-15-8-9-15)11-17(22-16)14-6-4-3-5-7-14/h3-7,13,15-17H,8-12H2,1-2H3,(H,19,21)/t16-,17+/m1/s1. The van der Waals surface area contributed by atoms with Gasteiger partial charge >= 0.3 is 0 Å². The van der Waals surface area contributed by atoms with Crippen molar-refractivity contribution in [1.29, 1.82) is 0 Å². The van der Waals surface area contributed by atoms with Crippen molar-refractivity contribution >= 4 is 5.91 Å². The van der Waals surface area contributed by atoms with Gasteiger partial charge in [0.25, 0.3) is 0 Å². The van der Waals surface area contributed by atoms with Gasteiger partial charge in [-0.05, 0) is 24.3 Å². The van der Waals surface area contributed by atoms with Crippen molar-refractivity contribution in [3.8, 4) is 0 Å². The van der Waals surface area contributed by atoms with Crippen LogP contribution in [0, 0.1) is 5.92 Å². The highest BCUT2D eigenvalue weighted by molar-refractivity contribution is 5.78. The van der Waals surface area contributed by atoms with Crippen molar-refractivity contribution in [2.24, 2.45) is 5.92 Å². The van der Waals surface area contributed by atoms with E-state index in [1.54, 1.807) is 0 Å². The third-order valence-corrected chi connectivity index (χ3v) is 4.43. The van der Waals surface area contributed by atoms with E-state index in [0.29, 0.717) is 18.5 Å². The minimum atomic E-state index is 0.0519. The first-order valence-electron chi connectivity index (χ1n) is 8.34. The number of morpholine rings is 1. The molecule has 1 aliphatic heterocycles. The molecule has 3 rings (SSSR count). The summed E-state index contributed by atoms with van der Waals surface area (Å²) in [6.07, 6.45) is 2.50. The number of amides is 1. The van der Waals surface area contributed by atoms with Crippen LogP contribution in [0.15, 0.2) is 30.3 Å². The predicted octanol–water partition coefficient (Wildman–Crippen LogP) is 2.36. The summed E-state index contributed by atoms with van der Waals surface area (Å²) in [7, 11) is 0. The third-order valence-electron chi connectivity index (χ3n) is 4.43. The fraction of sp³-hybridized carbons (Fsp3) is 0.611. The van der Waals surface area contributed by atoms with Gasteiger partial charge in [-0.2, -0.15) is 0 Å². The highest BCUT2D eigenvalue weighted by Crippen LogP contribution is 2.28. The van der Waals surface area contributed by atoms with Crippen molar-refractivity contribution in [1.82, 2.24) is 10.2 Å². The molecule has 2 fully saturated rings. The zero-order valence-corrected chi connectivity index (χ0v) is 13.5. The van der Waals surface area contributed by atoms with E-state index in [1.165, 1.54) is 5.56 Å². The Morgan fingerprint density at radius 1 is 1.27 bits per heavy atom. The van der Waals surface area contributed by atoms with Crippen LogP contribution in [0.5, 0.6) is 0 Å². The normalized spacial score (nSPS) is 26.1. The Morgan fingerprint density at radius 3 is 2.64 bits per heavy atom. The molecule has 1 saturated heterocycles. The van der Waals surface area contributed by atoms with E-state index >= 15 is 0 Å². The van der Waals surface area contributed by atoms with Gasteiger partial charge in [0, 0.05) is 19.1 Å². The third kappa shape index (κ3) is 4.08. The summed E-state index contributed by atoms with van der Waals surface area (Å²) in [4.78, 5) is 14.3. The zero-order valence-electron chi connectivity index (χ0n) is 13.5. The average molecular weight is 302 g/mol. The van der Waals surface area contributed by atoms with E-state index in [9.17, 15) is 4.79 Å². The topological polar surface area (TPSA) is 41.6 Å². The lowest BCUT2D eigenvalue weighted by Gasteiger charge is -2.39. The van der Waals surface area contributed by atoms with E-state index in [0.717, 1.165) is 25.9 Å². The molecule has 1 heterocycles. The van der Waals surface area contributed by atoms with Crippen molar-refractivity contribution < 1.29 is 9.53 Å². The molecule has 1 aromatic carbocycles. The minimum absolute atomic E-state index is 0.0519. The van der Waals surface area contributed by atoms with Gasteiger partial charge < -0.3 is 10.1 Å². The van der Waals surface area contributed by atoms with Crippen LogP contribution < -0.4 is 5.32 Å². The van der Waals surface area contributed by atoms with Gasteiger partial charge in [-0.1, -0.05) is 44.2 Å². The predicted molar refractivity (Wildman–Crippen MR) is 86.5 cm³/mol. The highest BCUT2D eigenvalue weighted by atomic mass is 16.5. The van der Waals surface area contributed by atoms with E-state index in [-0.39, 0.29) is 18.1 Å². The summed E-state index contributed by atoms with van der Waals surface area (Å²) in [5.41, 5.74) is 1.19. The van der Waals surface area contributed by atoms with Crippen LogP contribution >= 0.6 is 0 Å². The summed E-state index contributed by atoms with van der Waals surface area (Å²) >= 11 is 0. The summed E-state index contributed by atoms with van der Waals surface area (Å²) in [6, 6.07) is 10.8. The maximum Gasteiger partial charge on any atom is 0.234 e. The SMILES string of the molecule is CC(C)[C@H]1CN(CC(=O)NC2CC2)C[C@@H](c2ccccc2)O1. The molecule has 2 atom stereocenters. The number of carbonyl (C=O) groups is 1. The summed E-state index contributed by atoms with van der Waals surface area (Å²) in [6.45, 7) is 6.46. The Morgan fingerprint density at radius 2 is 2.00 bits per heavy atom. The van der Waals surface area contributed by atoms with Gasteiger partial charge in [0.15, 0.2) is 0 Å². The summed E-state index contributed by atoms with van der Waals surface area (Å²) in [5, 5.41) is 3.08. The van der Waals surface area contributed by atoms with Crippen LogP contribution in [-0.2, 0) is 9.53 Å². The van der Waals surface area contributed by atoms with Crippen molar-refractivity contribution in [3.05, 3.63) is 35.9 Å². The molecule has 1 saturated carbocycles. The summed E-state index contributed by atoms with van der Waals surface area (Å²) < 4.78 is 6.27. The molecule has 2 aliphatic rings. The van der Waals surface area contributed by atoms with Crippen molar-refractivity contribution in [2.45, 2.75) is 44.9 Å². The number of hydrogen-bond acceptors (Lipinski definition) is 3. The first-order valence-corrected chi connectivity index (χ1v) is 8.34. The molecule has 0 aromatic heterocycles. The molecule has 0 radical (unpaired) electrons. The maximum absolute atomic E-state index is 12.1. The Bertz CT molecular complexity index is 499. The molecule has 4 heteroatoms. The average Bonchev–Trinajstić information content (AvgIpc) is 3.31. The van der Waals surface area contributed by atoms with E-state index in [1.807, 2.05) is 18.2 Å². The minimum Gasteiger partial charge on any atom is -0.367 e. The van der Waals surface area contributed by atoms with Gasteiger partial charge in [-0.25, -0.2) is 0 Å². The van der Waals surface area contributed by atoms with E-state index in [2.05, 4.69) is 36.2 Å². The van der Waals surface area contributed by atoms with Gasteiger partial charge in [0.2, 0.25) is 5.91 Å². The number of hydrogen-bond donors (Lipinski definition) is 1. The molecular weight excluding hydrogens is 276 g/mol. The van der Waals surface area contributed by atoms with Gasteiger partial charge in [-0.15, -0.1) is 0 Å². The molecule has 1 aromatic rings. The molecule has 1 N–H and O–H groups in total. The molecule has 120 valence electrons. The highest BCUT2D eigenvalue weighted by Gasteiger charge is 2.32. The van der Waals surface area contributed by atoms with Crippen molar-refractivity contribution in [3.63, 3.8) is 0 Å². The molecule has 0 spiro atoms. The summed E-state index contributed by atoms with van der Waals surface area (Å²) in [5.74, 6) is 0.597. The van der Waals surface area contributed by atoms with E-state index in [4.69, 9.17) is 4.74 Å². The Kier molecular flexibility index (Phi) is 4.79. The van der Waals surface area contributed by atoms with Crippen molar-refractivity contribution in [2.75, 3.05) is 19.6 Å². The molecule has 22 heavy (non-hydrogen) atoms. The molecule has 4 nitrogen and oxygen atoms in total. The maximum atomic E-state index is 12.1. The monoisotopic (exact) mass is 302 g/mol. The van der Waals surface area contributed by atoms with Crippen LogP contribution in [0.1, 0.15) is 38.4 Å². The number of nitrogens with zero attached hydrogens (tertiary/aromatic N) is 1. The van der Waals surface area contributed by atoms with Crippen LogP contribution in [0.3, 0.4) is 0 Å². The fourth-order valence-electron chi connectivity index (χ4n) is 2.91. The molecule has 0 bridgehead atoms. The quantitative estimate of drug-likeness (QED) is 0.908. The molecular formula is C18H26N2O2. The fourth-order valence-corrected chi connectivity index (χ4v) is 2.91. The zero-order chi connectivity index (χ0) is 15.5. The molecule has 1 aliphatic carbocycles. The van der Waals surface area contributed by atoms with Crippen LogP contribution in [0.4, 0.5) is 0 Å². The smallest absolute Gasteiger partial charge is 0.234 e.